The van der Waals surface area contributed by atoms with Gasteiger partial charge >= 0.3 is 5.69 Å². The van der Waals surface area contributed by atoms with Crippen molar-refractivity contribution in [2.24, 2.45) is 14.1 Å². The zero-order chi connectivity index (χ0) is 20.0. The molecule has 1 aromatic heterocycles. The molecular weight excluding hydrogens is 356 g/mol. The van der Waals surface area contributed by atoms with Crippen molar-refractivity contribution in [2.45, 2.75) is 13.3 Å². The number of amides is 2. The molecule has 0 aliphatic carbocycles. The summed E-state index contributed by atoms with van der Waals surface area (Å²) in [6.45, 7) is 2.05. The summed E-state index contributed by atoms with van der Waals surface area (Å²) in [6.07, 6.45) is 2.45. The highest BCUT2D eigenvalue weighted by Crippen LogP contribution is 2.23. The highest BCUT2D eigenvalue weighted by Gasteiger charge is 2.34. The highest BCUT2D eigenvalue weighted by atomic mass is 16.2. The van der Waals surface area contributed by atoms with Crippen LogP contribution in [0.2, 0.25) is 0 Å². The Labute approximate surface area is 161 Å². The summed E-state index contributed by atoms with van der Waals surface area (Å²) in [5.41, 5.74) is 6.50. The van der Waals surface area contributed by atoms with Crippen molar-refractivity contribution in [1.82, 2.24) is 14.6 Å². The summed E-state index contributed by atoms with van der Waals surface area (Å²) in [5, 5.41) is 1.25. The fourth-order valence-electron chi connectivity index (χ4n) is 3.40. The molecule has 142 valence electrons. The van der Waals surface area contributed by atoms with E-state index in [9.17, 15) is 14.4 Å². The fraction of sp³-hybridized carbons (Fsp3) is 0.190. The van der Waals surface area contributed by atoms with E-state index in [2.05, 4.69) is 12.3 Å². The molecule has 2 heterocycles. The van der Waals surface area contributed by atoms with Gasteiger partial charge in [0.1, 0.15) is 5.57 Å². The van der Waals surface area contributed by atoms with Crippen LogP contribution >= 0.6 is 0 Å². The largest absolute Gasteiger partial charge is 0.328 e. The number of rotatable bonds is 3. The minimum Gasteiger partial charge on any atom is -0.295 e. The van der Waals surface area contributed by atoms with Gasteiger partial charge in [-0.25, -0.2) is 9.80 Å². The number of hydrogen-bond acceptors (Lipinski definition) is 3. The molecule has 7 heteroatoms. The maximum atomic E-state index is 12.8. The molecule has 1 saturated heterocycles. The van der Waals surface area contributed by atoms with Crippen molar-refractivity contribution < 1.29 is 9.59 Å². The van der Waals surface area contributed by atoms with Gasteiger partial charge in [-0.05, 0) is 47.9 Å². The zero-order valence-corrected chi connectivity index (χ0v) is 15.9. The minimum absolute atomic E-state index is 0.0554. The second kappa shape index (κ2) is 6.53. The lowest BCUT2D eigenvalue weighted by Gasteiger charge is -2.14. The van der Waals surface area contributed by atoms with E-state index in [-0.39, 0.29) is 11.3 Å². The van der Waals surface area contributed by atoms with Gasteiger partial charge in [0.25, 0.3) is 11.8 Å². The van der Waals surface area contributed by atoms with Crippen LogP contribution in [0.5, 0.6) is 0 Å². The normalized spacial score (nSPS) is 15.7. The minimum atomic E-state index is -0.452. The lowest BCUT2D eigenvalue weighted by Crippen LogP contribution is -2.35. The number of carbonyl (C=O) groups excluding carboxylic acids is 2. The second-order valence-electron chi connectivity index (χ2n) is 6.81. The van der Waals surface area contributed by atoms with Crippen LogP contribution in [0.4, 0.5) is 5.69 Å². The van der Waals surface area contributed by atoms with Gasteiger partial charge in [-0.3, -0.25) is 24.1 Å². The van der Waals surface area contributed by atoms with Crippen molar-refractivity contribution in [3.63, 3.8) is 0 Å². The molecule has 7 nitrogen and oxygen atoms in total. The summed E-state index contributed by atoms with van der Waals surface area (Å²) in [4.78, 5) is 37.2. The van der Waals surface area contributed by atoms with Gasteiger partial charge in [0, 0.05) is 14.1 Å². The van der Waals surface area contributed by atoms with Gasteiger partial charge in [-0.2, -0.15) is 0 Å². The zero-order valence-electron chi connectivity index (χ0n) is 15.9. The topological polar surface area (TPSA) is 76.3 Å². The molecule has 0 bridgehead atoms. The number of imidazole rings is 1. The Hall–Kier alpha value is -3.61. The van der Waals surface area contributed by atoms with Gasteiger partial charge in [-0.15, -0.1) is 0 Å². The van der Waals surface area contributed by atoms with Crippen molar-refractivity contribution in [1.29, 1.82) is 0 Å². The molecule has 1 N–H and O–H groups in total. The predicted octanol–water partition coefficient (Wildman–Crippen LogP) is 1.90. The Bertz CT molecular complexity index is 1200. The van der Waals surface area contributed by atoms with E-state index in [1.807, 2.05) is 30.3 Å². The standard InChI is InChI=1S/C21H20N4O3/c1-4-13-5-8-15(9-6-13)25-20(27)16(19(26)22-25)11-14-7-10-17-18(12-14)24(3)21(28)23(17)2/h5-12H,4H2,1-3H3,(H,22,26)/b16-11-. The van der Waals surface area contributed by atoms with E-state index in [0.29, 0.717) is 11.3 Å². The van der Waals surface area contributed by atoms with E-state index in [0.717, 1.165) is 23.0 Å². The first-order valence-electron chi connectivity index (χ1n) is 9.02. The lowest BCUT2D eigenvalue weighted by atomic mass is 10.1. The number of carbonyl (C=O) groups is 2. The number of nitrogens with zero attached hydrogens (tertiary/aromatic N) is 3. The lowest BCUT2D eigenvalue weighted by molar-refractivity contribution is -0.117. The Morgan fingerprint density at radius 3 is 2.29 bits per heavy atom. The first-order valence-corrected chi connectivity index (χ1v) is 9.02. The third-order valence-electron chi connectivity index (χ3n) is 5.10. The molecule has 0 unspecified atom stereocenters. The smallest absolute Gasteiger partial charge is 0.295 e. The maximum Gasteiger partial charge on any atom is 0.328 e. The van der Waals surface area contributed by atoms with E-state index in [4.69, 9.17) is 0 Å². The molecule has 1 fully saturated rings. The number of nitrogens with one attached hydrogen (secondary N) is 1. The summed E-state index contributed by atoms with van der Waals surface area (Å²) < 4.78 is 3.09. The average molecular weight is 376 g/mol. The number of aromatic nitrogens is 2. The molecule has 1 aliphatic rings. The quantitative estimate of drug-likeness (QED) is 0.560. The average Bonchev–Trinajstić information content (AvgIpc) is 3.11. The van der Waals surface area contributed by atoms with Crippen LogP contribution in [0.25, 0.3) is 17.1 Å². The van der Waals surface area contributed by atoms with Gasteiger partial charge in [0.05, 0.1) is 16.7 Å². The first kappa shape index (κ1) is 17.8. The van der Waals surface area contributed by atoms with E-state index < -0.39 is 11.8 Å². The number of anilines is 1. The Morgan fingerprint density at radius 2 is 1.61 bits per heavy atom. The molecule has 0 radical (unpaired) electrons. The second-order valence-corrected chi connectivity index (χ2v) is 6.81. The molecule has 2 aromatic carbocycles. The van der Waals surface area contributed by atoms with Crippen molar-refractivity contribution in [3.05, 3.63) is 69.6 Å². The monoisotopic (exact) mass is 376 g/mol. The number of fused-ring (bicyclic) bond motifs is 1. The molecule has 0 saturated carbocycles. The summed E-state index contributed by atoms with van der Waals surface area (Å²) in [5.74, 6) is -0.858. The van der Waals surface area contributed by atoms with Crippen LogP contribution < -0.4 is 16.1 Å². The Kier molecular flexibility index (Phi) is 4.15. The van der Waals surface area contributed by atoms with Gasteiger partial charge in [0.15, 0.2) is 0 Å². The number of aryl methyl sites for hydroxylation is 3. The van der Waals surface area contributed by atoms with E-state index in [1.165, 1.54) is 9.58 Å². The van der Waals surface area contributed by atoms with E-state index in [1.54, 1.807) is 36.9 Å². The van der Waals surface area contributed by atoms with Crippen LogP contribution in [0.3, 0.4) is 0 Å². The van der Waals surface area contributed by atoms with Gasteiger partial charge < -0.3 is 0 Å². The first-order chi connectivity index (χ1) is 13.4. The maximum absolute atomic E-state index is 12.8. The molecule has 4 rings (SSSR count). The molecule has 0 atom stereocenters. The third kappa shape index (κ3) is 2.72. The molecule has 1 aliphatic heterocycles. The van der Waals surface area contributed by atoms with E-state index >= 15 is 0 Å². The molecular formula is C21H20N4O3. The number of benzene rings is 2. The predicted molar refractivity (Wildman–Crippen MR) is 108 cm³/mol. The van der Waals surface area contributed by atoms with Gasteiger partial charge in [-0.1, -0.05) is 25.1 Å². The number of hydrogen-bond donors (Lipinski definition) is 1. The third-order valence-corrected chi connectivity index (χ3v) is 5.10. The Morgan fingerprint density at radius 1 is 0.929 bits per heavy atom. The molecule has 3 aromatic rings. The van der Waals surface area contributed by atoms with Gasteiger partial charge in [0.2, 0.25) is 0 Å². The summed E-state index contributed by atoms with van der Waals surface area (Å²) in [6, 6.07) is 12.9. The van der Waals surface area contributed by atoms with Crippen molar-refractivity contribution in [2.75, 3.05) is 5.01 Å². The Balaban J connectivity index is 1.70. The summed E-state index contributed by atoms with van der Waals surface area (Å²) >= 11 is 0. The number of hydrazine groups is 1. The summed E-state index contributed by atoms with van der Waals surface area (Å²) in [7, 11) is 3.40. The van der Waals surface area contributed by atoms with Crippen LogP contribution in [0.1, 0.15) is 18.1 Å². The van der Waals surface area contributed by atoms with Crippen molar-refractivity contribution >= 4 is 34.6 Å². The van der Waals surface area contributed by atoms with Crippen molar-refractivity contribution in [3.8, 4) is 0 Å². The van der Waals surface area contributed by atoms with Crippen LogP contribution in [-0.2, 0) is 30.1 Å². The van der Waals surface area contributed by atoms with Crippen LogP contribution in [0, 0.1) is 0 Å². The molecule has 2 amide bonds. The van der Waals surface area contributed by atoms with Crippen LogP contribution in [0.15, 0.2) is 52.8 Å². The highest BCUT2D eigenvalue weighted by molar-refractivity contribution is 6.31. The fourth-order valence-corrected chi connectivity index (χ4v) is 3.40. The SMILES string of the molecule is CCc1ccc(N2NC(=O)/C(=C/c3ccc4c(c3)n(C)c(=O)n4C)C2=O)cc1. The van der Waals surface area contributed by atoms with Crippen LogP contribution in [-0.4, -0.2) is 20.9 Å². The molecule has 28 heavy (non-hydrogen) atoms. The molecule has 0 spiro atoms.